The molecule has 9 heteroatoms. The molecule has 1 saturated carbocycles. The second-order valence-corrected chi connectivity index (χ2v) is 9.67. The lowest BCUT2D eigenvalue weighted by molar-refractivity contribution is -0.137. The van der Waals surface area contributed by atoms with E-state index in [1.165, 1.54) is 12.8 Å². The summed E-state index contributed by atoms with van der Waals surface area (Å²) in [6, 6.07) is 0.431. The maximum absolute atomic E-state index is 12.7. The molecule has 2 unspecified atom stereocenters. The number of carbonyl (C=O) groups is 1. The predicted octanol–water partition coefficient (Wildman–Crippen LogP) is 2.68. The highest BCUT2D eigenvalue weighted by atomic mass is 127. The number of amides is 1. The molecule has 2 saturated heterocycles. The molecule has 3 fully saturated rings. The highest BCUT2D eigenvalue weighted by Crippen LogP contribution is 2.28. The van der Waals surface area contributed by atoms with Crippen molar-refractivity contribution in [3.8, 4) is 0 Å². The summed E-state index contributed by atoms with van der Waals surface area (Å²) in [6.07, 6.45) is 11.7. The molecule has 33 heavy (non-hydrogen) atoms. The molecule has 0 radical (unpaired) electrons. The molecular weight excluding hydrogens is 529 g/mol. The molecule has 2 atom stereocenters. The van der Waals surface area contributed by atoms with Crippen LogP contribution in [0.2, 0.25) is 0 Å². The van der Waals surface area contributed by atoms with Crippen LogP contribution >= 0.6 is 24.0 Å². The molecule has 8 nitrogen and oxygen atoms in total. The van der Waals surface area contributed by atoms with Crippen molar-refractivity contribution < 1.29 is 4.79 Å². The van der Waals surface area contributed by atoms with Crippen LogP contribution in [0.4, 0.5) is 0 Å². The molecule has 1 N–H and O–H groups in total. The Morgan fingerprint density at radius 3 is 2.52 bits per heavy atom. The first-order chi connectivity index (χ1) is 15.7. The largest absolute Gasteiger partial charge is 0.357 e. The smallest absolute Gasteiger partial charge is 0.225 e. The fraction of sp³-hybridized carbons (Fsp3) is 0.792. The number of hydrogen-bond acceptors (Lipinski definition) is 4. The van der Waals surface area contributed by atoms with Crippen LogP contribution in [0.3, 0.4) is 0 Å². The van der Waals surface area contributed by atoms with Gasteiger partial charge in [0, 0.05) is 70.7 Å². The van der Waals surface area contributed by atoms with Crippen LogP contribution in [-0.2, 0) is 4.79 Å². The number of aromatic nitrogens is 2. The molecule has 0 spiro atoms. The molecule has 0 aromatic carbocycles. The molecule has 3 aliphatic rings. The van der Waals surface area contributed by atoms with Crippen LogP contribution in [0.1, 0.15) is 52.0 Å². The lowest BCUT2D eigenvalue weighted by Crippen LogP contribution is -2.51. The molecule has 4 rings (SSSR count). The number of piperazine rings is 1. The summed E-state index contributed by atoms with van der Waals surface area (Å²) >= 11 is 0. The van der Waals surface area contributed by atoms with E-state index >= 15 is 0 Å². The Kier molecular flexibility index (Phi) is 10.3. The van der Waals surface area contributed by atoms with E-state index in [-0.39, 0.29) is 24.0 Å². The third kappa shape index (κ3) is 6.83. The molecule has 1 aromatic heterocycles. The number of aliphatic imine (C=N–C) groups is 1. The number of likely N-dealkylation sites (tertiary alicyclic amines) is 1. The van der Waals surface area contributed by atoms with Crippen molar-refractivity contribution in [3.05, 3.63) is 18.7 Å². The van der Waals surface area contributed by atoms with Gasteiger partial charge in [-0.3, -0.25) is 14.7 Å². The Balaban J connectivity index is 0.00000306. The number of rotatable bonds is 6. The molecule has 1 amide bonds. The third-order valence-corrected chi connectivity index (χ3v) is 7.53. The second kappa shape index (κ2) is 12.9. The van der Waals surface area contributed by atoms with E-state index < -0.39 is 0 Å². The Morgan fingerprint density at radius 1 is 1.09 bits per heavy atom. The maximum atomic E-state index is 12.7. The van der Waals surface area contributed by atoms with Crippen LogP contribution < -0.4 is 5.32 Å². The van der Waals surface area contributed by atoms with E-state index in [2.05, 4.69) is 49.6 Å². The summed E-state index contributed by atoms with van der Waals surface area (Å²) in [6.45, 7) is 12.8. The summed E-state index contributed by atoms with van der Waals surface area (Å²) in [7, 11) is 0. The van der Waals surface area contributed by atoms with Gasteiger partial charge in [-0.2, -0.15) is 0 Å². The zero-order chi connectivity index (χ0) is 22.3. The van der Waals surface area contributed by atoms with Gasteiger partial charge in [-0.05, 0) is 32.1 Å². The van der Waals surface area contributed by atoms with Crippen molar-refractivity contribution in [1.82, 2.24) is 29.6 Å². The fourth-order valence-corrected chi connectivity index (χ4v) is 5.44. The highest BCUT2D eigenvalue weighted by molar-refractivity contribution is 14.0. The lowest BCUT2D eigenvalue weighted by atomic mass is 9.93. The van der Waals surface area contributed by atoms with Gasteiger partial charge in [-0.1, -0.05) is 19.8 Å². The van der Waals surface area contributed by atoms with Gasteiger partial charge >= 0.3 is 0 Å². The number of hydrogen-bond donors (Lipinski definition) is 1. The Morgan fingerprint density at radius 2 is 1.85 bits per heavy atom. The van der Waals surface area contributed by atoms with Gasteiger partial charge in [0.1, 0.15) is 0 Å². The van der Waals surface area contributed by atoms with Crippen molar-refractivity contribution in [2.75, 3.05) is 58.9 Å². The van der Waals surface area contributed by atoms with E-state index in [9.17, 15) is 4.79 Å². The number of guanidine groups is 1. The van der Waals surface area contributed by atoms with Crippen molar-refractivity contribution in [3.63, 3.8) is 0 Å². The van der Waals surface area contributed by atoms with Crippen LogP contribution in [-0.4, -0.2) is 95.0 Å². The second-order valence-electron chi connectivity index (χ2n) is 9.67. The van der Waals surface area contributed by atoms with Gasteiger partial charge in [-0.15, -0.1) is 24.0 Å². The van der Waals surface area contributed by atoms with Gasteiger partial charge in [-0.25, -0.2) is 4.98 Å². The fourth-order valence-electron chi connectivity index (χ4n) is 5.44. The van der Waals surface area contributed by atoms with Crippen LogP contribution in [0.15, 0.2) is 23.7 Å². The van der Waals surface area contributed by atoms with Gasteiger partial charge in [0.25, 0.3) is 0 Å². The van der Waals surface area contributed by atoms with Crippen LogP contribution in [0.5, 0.6) is 0 Å². The maximum Gasteiger partial charge on any atom is 0.225 e. The summed E-state index contributed by atoms with van der Waals surface area (Å²) in [4.78, 5) is 28.8. The van der Waals surface area contributed by atoms with Crippen molar-refractivity contribution in [1.29, 1.82) is 0 Å². The highest BCUT2D eigenvalue weighted by Gasteiger charge is 2.30. The minimum Gasteiger partial charge on any atom is -0.357 e. The molecule has 2 aliphatic heterocycles. The molecule has 1 aromatic rings. The average molecular weight is 572 g/mol. The normalized spacial score (nSPS) is 25.2. The van der Waals surface area contributed by atoms with Gasteiger partial charge in [0.15, 0.2) is 5.96 Å². The zero-order valence-corrected chi connectivity index (χ0v) is 22.7. The Bertz CT molecular complexity index is 742. The summed E-state index contributed by atoms with van der Waals surface area (Å²) in [5.41, 5.74) is 0. The monoisotopic (exact) mass is 571 g/mol. The van der Waals surface area contributed by atoms with Crippen molar-refractivity contribution >= 4 is 35.8 Å². The van der Waals surface area contributed by atoms with E-state index in [1.807, 2.05) is 12.5 Å². The van der Waals surface area contributed by atoms with E-state index in [4.69, 9.17) is 4.99 Å². The molecule has 186 valence electrons. The van der Waals surface area contributed by atoms with Crippen molar-refractivity contribution in [2.45, 2.75) is 52.0 Å². The summed E-state index contributed by atoms with van der Waals surface area (Å²) < 4.78 is 2.24. The number of halogens is 1. The number of piperidine rings is 1. The number of nitrogens with zero attached hydrogens (tertiary/aromatic N) is 6. The van der Waals surface area contributed by atoms with E-state index in [0.29, 0.717) is 23.8 Å². The zero-order valence-electron chi connectivity index (χ0n) is 20.4. The molecule has 1 aliphatic carbocycles. The number of carbonyl (C=O) groups excluding carboxylic acids is 1. The third-order valence-electron chi connectivity index (χ3n) is 7.53. The molecular formula is C24H42IN7O. The minimum atomic E-state index is 0. The first kappa shape index (κ1) is 26.2. The molecule has 0 bridgehead atoms. The topological polar surface area (TPSA) is 69.0 Å². The average Bonchev–Trinajstić information content (AvgIpc) is 3.53. The van der Waals surface area contributed by atoms with Gasteiger partial charge in [0.05, 0.1) is 18.9 Å². The number of nitrogens with one attached hydrogen (secondary N) is 1. The van der Waals surface area contributed by atoms with Gasteiger partial charge < -0.3 is 19.7 Å². The Labute approximate surface area is 216 Å². The summed E-state index contributed by atoms with van der Waals surface area (Å²) in [5.74, 6) is 2.36. The lowest BCUT2D eigenvalue weighted by Gasteiger charge is -2.39. The summed E-state index contributed by atoms with van der Waals surface area (Å²) in [5, 5.41) is 3.50. The first-order valence-electron chi connectivity index (χ1n) is 12.7. The predicted molar refractivity (Wildman–Crippen MR) is 143 cm³/mol. The van der Waals surface area contributed by atoms with E-state index in [1.54, 1.807) is 0 Å². The van der Waals surface area contributed by atoms with Gasteiger partial charge in [0.2, 0.25) is 5.91 Å². The quantitative estimate of drug-likeness (QED) is 0.323. The van der Waals surface area contributed by atoms with Crippen molar-refractivity contribution in [2.24, 2.45) is 16.8 Å². The van der Waals surface area contributed by atoms with E-state index in [0.717, 1.165) is 84.1 Å². The number of imidazole rings is 1. The SMILES string of the molecule is CCNC(=NCCN1CCN(C(=O)C2CCCC2)CC1)N1CCC(C)C(n2ccnc2)C1.I. The standard InChI is InChI=1S/C24H41N7O.HI/c1-3-26-24(30-11-8-20(2)22(18-30)31-13-9-25-19-31)27-10-12-28-14-16-29(17-15-28)23(32)21-6-4-5-7-21;/h9,13,19-22H,3-8,10-12,14-18H2,1-2H3,(H,26,27);1H. The van der Waals surface area contributed by atoms with Crippen LogP contribution in [0, 0.1) is 11.8 Å². The Hall–Kier alpha value is -1.36. The molecule has 3 heterocycles. The minimum absolute atomic E-state index is 0. The first-order valence-corrected chi connectivity index (χ1v) is 12.7. The van der Waals surface area contributed by atoms with Crippen LogP contribution in [0.25, 0.3) is 0 Å².